The Kier molecular flexibility index (Phi) is 5.08. The maximum Gasteiger partial charge on any atom is 0.212 e. The third-order valence-corrected chi connectivity index (χ3v) is 2.30. The SMILES string of the molecule is Cl.Clc1ccccc1/C=N/NC1=NCCN1. The van der Waals surface area contributed by atoms with Crippen molar-refractivity contribution >= 4 is 36.2 Å². The highest BCUT2D eigenvalue weighted by Gasteiger charge is 2.01. The van der Waals surface area contributed by atoms with Crippen molar-refractivity contribution in [2.45, 2.75) is 0 Å². The predicted octanol–water partition coefficient (Wildman–Crippen LogP) is 1.64. The van der Waals surface area contributed by atoms with Gasteiger partial charge in [0.2, 0.25) is 5.96 Å². The van der Waals surface area contributed by atoms with Crippen LogP contribution in [0.25, 0.3) is 0 Å². The van der Waals surface area contributed by atoms with Gasteiger partial charge in [-0.2, -0.15) is 5.10 Å². The molecule has 4 nitrogen and oxygen atoms in total. The normalized spacial score (nSPS) is 14.2. The van der Waals surface area contributed by atoms with Crippen LogP contribution in [0.5, 0.6) is 0 Å². The third kappa shape index (κ3) is 3.40. The number of guanidine groups is 1. The summed E-state index contributed by atoms with van der Waals surface area (Å²) in [5, 5.41) is 7.77. The molecule has 0 aliphatic carbocycles. The molecule has 2 N–H and O–H groups in total. The van der Waals surface area contributed by atoms with Crippen LogP contribution in [0.1, 0.15) is 5.56 Å². The first-order valence-electron chi connectivity index (χ1n) is 4.68. The zero-order valence-corrected chi connectivity index (χ0v) is 10.1. The van der Waals surface area contributed by atoms with Crippen molar-refractivity contribution in [2.24, 2.45) is 10.1 Å². The smallest absolute Gasteiger partial charge is 0.212 e. The highest BCUT2D eigenvalue weighted by atomic mass is 35.5. The summed E-state index contributed by atoms with van der Waals surface area (Å²) in [7, 11) is 0. The van der Waals surface area contributed by atoms with Crippen molar-refractivity contribution in [3.05, 3.63) is 34.9 Å². The molecule has 0 spiro atoms. The monoisotopic (exact) mass is 258 g/mol. The lowest BCUT2D eigenvalue weighted by Gasteiger charge is -1.99. The van der Waals surface area contributed by atoms with E-state index in [0.29, 0.717) is 11.0 Å². The zero-order chi connectivity index (χ0) is 10.5. The van der Waals surface area contributed by atoms with Gasteiger partial charge in [-0.15, -0.1) is 12.4 Å². The van der Waals surface area contributed by atoms with Crippen molar-refractivity contribution in [2.75, 3.05) is 13.1 Å². The van der Waals surface area contributed by atoms with E-state index in [1.807, 2.05) is 24.3 Å². The van der Waals surface area contributed by atoms with Gasteiger partial charge in [0.15, 0.2) is 0 Å². The molecule has 86 valence electrons. The van der Waals surface area contributed by atoms with Crippen molar-refractivity contribution in [1.29, 1.82) is 0 Å². The Morgan fingerprint density at radius 3 is 2.94 bits per heavy atom. The van der Waals surface area contributed by atoms with Crippen LogP contribution in [0, 0.1) is 0 Å². The summed E-state index contributed by atoms with van der Waals surface area (Å²) >= 11 is 5.95. The number of benzene rings is 1. The summed E-state index contributed by atoms with van der Waals surface area (Å²) in [4.78, 5) is 4.14. The van der Waals surface area contributed by atoms with E-state index in [-0.39, 0.29) is 12.4 Å². The van der Waals surface area contributed by atoms with Crippen LogP contribution in [-0.2, 0) is 0 Å². The minimum atomic E-state index is 0. The van der Waals surface area contributed by atoms with Gasteiger partial charge in [-0.1, -0.05) is 29.8 Å². The van der Waals surface area contributed by atoms with E-state index >= 15 is 0 Å². The fourth-order valence-electron chi connectivity index (χ4n) is 1.22. The molecule has 16 heavy (non-hydrogen) atoms. The molecular formula is C10H12Cl2N4. The molecule has 0 unspecified atom stereocenters. The summed E-state index contributed by atoms with van der Waals surface area (Å²) < 4.78 is 0. The minimum absolute atomic E-state index is 0. The number of rotatable bonds is 2. The number of hydrazone groups is 1. The number of nitrogens with zero attached hydrogens (tertiary/aromatic N) is 2. The number of nitrogens with one attached hydrogen (secondary N) is 2. The summed E-state index contributed by atoms with van der Waals surface area (Å²) in [6.07, 6.45) is 1.67. The van der Waals surface area contributed by atoms with Crippen molar-refractivity contribution in [3.63, 3.8) is 0 Å². The summed E-state index contributed by atoms with van der Waals surface area (Å²) in [6, 6.07) is 7.53. The number of aliphatic imine (C=N–C) groups is 1. The van der Waals surface area contributed by atoms with Crippen LogP contribution in [0.3, 0.4) is 0 Å². The number of halogens is 2. The first-order chi connectivity index (χ1) is 7.36. The van der Waals surface area contributed by atoms with E-state index in [1.165, 1.54) is 0 Å². The molecule has 1 heterocycles. The molecule has 0 saturated carbocycles. The molecule has 2 rings (SSSR count). The second-order valence-corrected chi connectivity index (χ2v) is 3.46. The molecule has 0 fully saturated rings. The second kappa shape index (κ2) is 6.35. The van der Waals surface area contributed by atoms with Gasteiger partial charge in [0, 0.05) is 17.1 Å². The van der Waals surface area contributed by atoms with Gasteiger partial charge in [0.1, 0.15) is 0 Å². The van der Waals surface area contributed by atoms with Crippen LogP contribution in [0.2, 0.25) is 5.02 Å². The lowest BCUT2D eigenvalue weighted by atomic mass is 10.2. The lowest BCUT2D eigenvalue weighted by Crippen LogP contribution is -2.30. The third-order valence-electron chi connectivity index (χ3n) is 1.95. The van der Waals surface area contributed by atoms with Gasteiger partial charge >= 0.3 is 0 Å². The molecule has 0 radical (unpaired) electrons. The highest BCUT2D eigenvalue weighted by Crippen LogP contribution is 2.11. The summed E-state index contributed by atoms with van der Waals surface area (Å²) in [5.41, 5.74) is 3.69. The summed E-state index contributed by atoms with van der Waals surface area (Å²) in [6.45, 7) is 1.66. The summed E-state index contributed by atoms with van der Waals surface area (Å²) in [5.74, 6) is 0.707. The molecule has 0 saturated heterocycles. The number of hydrogen-bond acceptors (Lipinski definition) is 4. The van der Waals surface area contributed by atoms with Gasteiger partial charge in [-0.25, -0.2) is 10.4 Å². The van der Waals surface area contributed by atoms with E-state index in [4.69, 9.17) is 11.6 Å². The fourth-order valence-corrected chi connectivity index (χ4v) is 1.40. The maximum atomic E-state index is 5.95. The van der Waals surface area contributed by atoms with E-state index < -0.39 is 0 Å². The molecule has 1 aliphatic rings. The van der Waals surface area contributed by atoms with Crippen LogP contribution in [0.15, 0.2) is 34.4 Å². The predicted molar refractivity (Wildman–Crippen MR) is 69.7 cm³/mol. The molecule has 1 aliphatic heterocycles. The van der Waals surface area contributed by atoms with Crippen molar-refractivity contribution < 1.29 is 0 Å². The topological polar surface area (TPSA) is 48.8 Å². The van der Waals surface area contributed by atoms with Crippen molar-refractivity contribution in [1.82, 2.24) is 10.7 Å². The Labute approximate surface area is 105 Å². The van der Waals surface area contributed by atoms with Gasteiger partial charge in [0.05, 0.1) is 12.8 Å². The highest BCUT2D eigenvalue weighted by molar-refractivity contribution is 6.33. The fraction of sp³-hybridized carbons (Fsp3) is 0.200. The maximum absolute atomic E-state index is 5.95. The average molecular weight is 259 g/mol. The minimum Gasteiger partial charge on any atom is -0.353 e. The lowest BCUT2D eigenvalue weighted by molar-refractivity contribution is 0.920. The van der Waals surface area contributed by atoms with Crippen LogP contribution < -0.4 is 10.7 Å². The largest absolute Gasteiger partial charge is 0.353 e. The van der Waals surface area contributed by atoms with Crippen LogP contribution in [0.4, 0.5) is 0 Å². The Morgan fingerprint density at radius 2 is 2.25 bits per heavy atom. The van der Waals surface area contributed by atoms with Crippen LogP contribution >= 0.6 is 24.0 Å². The molecule has 0 amide bonds. The molecule has 1 aromatic rings. The van der Waals surface area contributed by atoms with E-state index in [1.54, 1.807) is 6.21 Å². The first-order valence-corrected chi connectivity index (χ1v) is 5.06. The average Bonchev–Trinajstić information content (AvgIpc) is 2.74. The first kappa shape index (κ1) is 12.8. The Balaban J connectivity index is 0.00000128. The molecule has 0 aromatic heterocycles. The van der Waals surface area contributed by atoms with E-state index in [0.717, 1.165) is 18.7 Å². The second-order valence-electron chi connectivity index (χ2n) is 3.05. The van der Waals surface area contributed by atoms with Gasteiger partial charge < -0.3 is 5.32 Å². The Hall–Kier alpha value is -1.26. The molecule has 6 heteroatoms. The van der Waals surface area contributed by atoms with E-state index in [2.05, 4.69) is 20.8 Å². The van der Waals surface area contributed by atoms with Gasteiger partial charge in [-0.3, -0.25) is 0 Å². The van der Waals surface area contributed by atoms with Crippen molar-refractivity contribution in [3.8, 4) is 0 Å². The van der Waals surface area contributed by atoms with Gasteiger partial charge in [0.25, 0.3) is 0 Å². The zero-order valence-electron chi connectivity index (χ0n) is 8.48. The quantitative estimate of drug-likeness (QED) is 0.626. The van der Waals surface area contributed by atoms with E-state index in [9.17, 15) is 0 Å². The molecular weight excluding hydrogens is 247 g/mol. The standard InChI is InChI=1S/C10H11ClN4.ClH/c11-9-4-2-1-3-8(9)7-14-15-10-12-5-6-13-10;/h1-4,7H,5-6H2,(H2,12,13,15);1H/b14-7+;. The van der Waals surface area contributed by atoms with Crippen LogP contribution in [-0.4, -0.2) is 25.3 Å². The Morgan fingerprint density at radius 1 is 1.44 bits per heavy atom. The Bertz CT molecular complexity index is 404. The molecule has 0 bridgehead atoms. The number of hydrogen-bond donors (Lipinski definition) is 2. The molecule has 1 aromatic carbocycles. The van der Waals surface area contributed by atoms with Gasteiger partial charge in [-0.05, 0) is 6.07 Å². The molecule has 0 atom stereocenters.